The van der Waals surface area contributed by atoms with Crippen molar-refractivity contribution >= 4 is 5.78 Å². The minimum Gasteiger partial charge on any atom is -0.504 e. The van der Waals surface area contributed by atoms with Crippen molar-refractivity contribution in [3.05, 3.63) is 149 Å². The van der Waals surface area contributed by atoms with E-state index in [1.807, 2.05) is 97.1 Å². The maximum Gasteiger partial charge on any atom is 0.171 e. The Kier molecular flexibility index (Phi) is 8.71. The van der Waals surface area contributed by atoms with Crippen LogP contribution in [-0.2, 0) is 35.8 Å². The predicted octanol–water partition coefficient (Wildman–Crippen LogP) is 7.48. The van der Waals surface area contributed by atoms with Crippen molar-refractivity contribution in [2.45, 2.75) is 44.9 Å². The molecule has 5 aromatic rings. The Balaban J connectivity index is 1.43. The van der Waals surface area contributed by atoms with E-state index in [1.54, 1.807) is 12.1 Å². The maximum absolute atomic E-state index is 13.7. The first-order valence-corrected chi connectivity index (χ1v) is 14.8. The number of fused-ring (bicyclic) bond motifs is 1. The van der Waals surface area contributed by atoms with Gasteiger partial charge in [-0.05, 0) is 41.3 Å². The lowest BCUT2D eigenvalue weighted by atomic mass is 9.79. The summed E-state index contributed by atoms with van der Waals surface area (Å²) in [4.78, 5) is 13.7. The summed E-state index contributed by atoms with van der Waals surface area (Å²) < 4.78 is 25.8. The molecule has 0 saturated heterocycles. The van der Waals surface area contributed by atoms with Crippen LogP contribution in [0.5, 0.6) is 28.7 Å². The topological polar surface area (TPSA) is 94.5 Å². The van der Waals surface area contributed by atoms with Gasteiger partial charge in [-0.2, -0.15) is 0 Å². The van der Waals surface area contributed by atoms with Crippen LogP contribution in [0.3, 0.4) is 0 Å². The first-order chi connectivity index (χ1) is 21.9. The van der Waals surface area contributed by atoms with Crippen LogP contribution in [-0.4, -0.2) is 21.6 Å². The Labute approximate surface area is 262 Å². The number of hydrogen-bond donors (Lipinski definition) is 2. The van der Waals surface area contributed by atoms with Crippen LogP contribution < -0.4 is 14.2 Å². The van der Waals surface area contributed by atoms with Gasteiger partial charge in [0.2, 0.25) is 0 Å². The average molecular weight is 603 g/mol. The van der Waals surface area contributed by atoms with Crippen molar-refractivity contribution in [3.63, 3.8) is 0 Å². The van der Waals surface area contributed by atoms with E-state index in [4.69, 9.17) is 18.9 Å². The van der Waals surface area contributed by atoms with Crippen LogP contribution in [0.15, 0.2) is 121 Å². The number of phenolic OH excluding ortho intramolecular Hbond substituents is 2. The quantitative estimate of drug-likeness (QED) is 0.151. The summed E-state index contributed by atoms with van der Waals surface area (Å²) in [5.41, 5.74) is 2.53. The third-order valence-corrected chi connectivity index (χ3v) is 7.97. The SMILES string of the molecule is CC(=O)[C@]1(OCc2ccccc2)Cc2c(OCc3ccccc3)cc(OCc3ccccc3)cc2O[C@@H]1c1ccc(O)c(O)c1. The van der Waals surface area contributed by atoms with Crippen LogP contribution in [0.2, 0.25) is 0 Å². The number of Topliss-reactive ketones (excluding diaryl/α,β-unsaturated/α-hetero) is 1. The molecule has 2 N–H and O–H groups in total. The number of hydrogen-bond acceptors (Lipinski definition) is 7. The molecular formula is C38H34O7. The van der Waals surface area contributed by atoms with E-state index < -0.39 is 11.7 Å². The Bertz CT molecular complexity index is 1760. The standard InChI is InChI=1S/C38H34O7/c1-26(39)38(44-25-29-15-9-4-10-16-29)22-32-35(43-24-28-13-7-3-8-14-28)20-31(42-23-27-11-5-2-6-12-27)21-36(32)45-37(38)30-17-18-33(40)34(41)19-30/h2-21,37,40-41H,22-25H2,1H3/t37-,38-/m1/s1. The van der Waals surface area contributed by atoms with Gasteiger partial charge in [0.05, 0.1) is 6.61 Å². The highest BCUT2D eigenvalue weighted by Gasteiger charge is 2.52. The summed E-state index contributed by atoms with van der Waals surface area (Å²) in [5.74, 6) is 0.673. The molecule has 0 spiro atoms. The lowest BCUT2D eigenvalue weighted by Gasteiger charge is -2.43. The number of ketones is 1. The second-order valence-electron chi connectivity index (χ2n) is 11.1. The van der Waals surface area contributed by atoms with Gasteiger partial charge >= 0.3 is 0 Å². The molecule has 0 aromatic heterocycles. The second kappa shape index (κ2) is 13.2. The third kappa shape index (κ3) is 6.64. The Morgan fingerprint density at radius 1 is 0.733 bits per heavy atom. The van der Waals surface area contributed by atoms with Gasteiger partial charge in [-0.1, -0.05) is 97.1 Å². The number of carbonyl (C=O) groups is 1. The molecule has 0 bridgehead atoms. The summed E-state index contributed by atoms with van der Waals surface area (Å²) in [7, 11) is 0. The van der Waals surface area contributed by atoms with Gasteiger partial charge < -0.3 is 29.2 Å². The number of aromatic hydroxyl groups is 2. The average Bonchev–Trinajstić information content (AvgIpc) is 3.07. The fourth-order valence-electron chi connectivity index (χ4n) is 5.51. The van der Waals surface area contributed by atoms with Gasteiger partial charge in [0.25, 0.3) is 0 Å². The Hall–Kier alpha value is -5.27. The lowest BCUT2D eigenvalue weighted by Crippen LogP contribution is -2.52. The molecule has 0 unspecified atom stereocenters. The van der Waals surface area contributed by atoms with E-state index in [-0.39, 0.29) is 30.3 Å². The smallest absolute Gasteiger partial charge is 0.171 e. The molecule has 228 valence electrons. The van der Waals surface area contributed by atoms with Crippen LogP contribution in [0.1, 0.15) is 40.8 Å². The van der Waals surface area contributed by atoms with Crippen molar-refractivity contribution in [1.29, 1.82) is 0 Å². The van der Waals surface area contributed by atoms with E-state index in [2.05, 4.69) is 0 Å². The number of ether oxygens (including phenoxy) is 4. The fraction of sp³-hybridized carbons (Fsp3) is 0.184. The number of rotatable bonds is 11. The second-order valence-corrected chi connectivity index (χ2v) is 11.1. The lowest BCUT2D eigenvalue weighted by molar-refractivity contribution is -0.165. The molecule has 0 radical (unpaired) electrons. The van der Waals surface area contributed by atoms with Crippen molar-refractivity contribution in [2.24, 2.45) is 0 Å². The van der Waals surface area contributed by atoms with E-state index in [1.165, 1.54) is 19.1 Å². The molecule has 1 heterocycles. The highest BCUT2D eigenvalue weighted by atomic mass is 16.6. The van der Waals surface area contributed by atoms with Crippen LogP contribution in [0, 0.1) is 0 Å². The molecule has 2 atom stereocenters. The summed E-state index contributed by atoms with van der Waals surface area (Å²) >= 11 is 0. The van der Waals surface area contributed by atoms with Crippen molar-refractivity contribution in [1.82, 2.24) is 0 Å². The van der Waals surface area contributed by atoms with Crippen molar-refractivity contribution in [3.8, 4) is 28.7 Å². The molecule has 1 aliphatic rings. The van der Waals surface area contributed by atoms with Gasteiger partial charge in [0.1, 0.15) is 30.5 Å². The van der Waals surface area contributed by atoms with E-state index in [0.29, 0.717) is 41.6 Å². The molecular weight excluding hydrogens is 568 g/mol. The highest BCUT2D eigenvalue weighted by molar-refractivity contribution is 5.87. The van der Waals surface area contributed by atoms with Crippen LogP contribution in [0.25, 0.3) is 0 Å². The van der Waals surface area contributed by atoms with E-state index in [0.717, 1.165) is 16.7 Å². The van der Waals surface area contributed by atoms with Crippen molar-refractivity contribution < 1.29 is 34.0 Å². The molecule has 5 aromatic carbocycles. The molecule has 6 rings (SSSR count). The minimum absolute atomic E-state index is 0.139. The van der Waals surface area contributed by atoms with Crippen LogP contribution >= 0.6 is 0 Å². The largest absolute Gasteiger partial charge is 0.504 e. The zero-order valence-corrected chi connectivity index (χ0v) is 24.9. The monoisotopic (exact) mass is 602 g/mol. The van der Waals surface area contributed by atoms with E-state index >= 15 is 0 Å². The number of phenols is 2. The normalized spacial score (nSPS) is 17.1. The number of carbonyl (C=O) groups excluding carboxylic acids is 1. The third-order valence-electron chi connectivity index (χ3n) is 7.97. The van der Waals surface area contributed by atoms with E-state index in [9.17, 15) is 15.0 Å². The fourth-order valence-corrected chi connectivity index (χ4v) is 5.51. The molecule has 7 nitrogen and oxygen atoms in total. The Morgan fingerprint density at radius 2 is 1.31 bits per heavy atom. The molecule has 45 heavy (non-hydrogen) atoms. The summed E-state index contributed by atoms with van der Waals surface area (Å²) in [6, 6.07) is 37.3. The zero-order chi connectivity index (χ0) is 31.2. The van der Waals surface area contributed by atoms with Gasteiger partial charge in [-0.3, -0.25) is 4.79 Å². The first-order valence-electron chi connectivity index (χ1n) is 14.8. The molecule has 0 saturated carbocycles. The molecule has 1 aliphatic heterocycles. The first kappa shape index (κ1) is 29.8. The minimum atomic E-state index is -1.48. The van der Waals surface area contributed by atoms with Gasteiger partial charge in [0, 0.05) is 24.1 Å². The number of benzene rings is 5. The molecule has 7 heteroatoms. The molecule has 0 aliphatic carbocycles. The van der Waals surface area contributed by atoms with Crippen LogP contribution in [0.4, 0.5) is 0 Å². The molecule has 0 fully saturated rings. The van der Waals surface area contributed by atoms with Gasteiger partial charge in [0.15, 0.2) is 29.0 Å². The maximum atomic E-state index is 13.7. The van der Waals surface area contributed by atoms with Gasteiger partial charge in [-0.25, -0.2) is 0 Å². The summed E-state index contributed by atoms with van der Waals surface area (Å²) in [6.45, 7) is 2.26. The van der Waals surface area contributed by atoms with Gasteiger partial charge in [-0.15, -0.1) is 0 Å². The zero-order valence-electron chi connectivity index (χ0n) is 24.9. The Morgan fingerprint density at radius 3 is 1.89 bits per heavy atom. The summed E-state index contributed by atoms with van der Waals surface area (Å²) in [6.07, 6.45) is -0.816. The summed E-state index contributed by atoms with van der Waals surface area (Å²) in [5, 5.41) is 20.5. The molecule has 0 amide bonds. The van der Waals surface area contributed by atoms with Crippen molar-refractivity contribution in [2.75, 3.05) is 0 Å². The predicted molar refractivity (Wildman–Crippen MR) is 169 cm³/mol. The highest BCUT2D eigenvalue weighted by Crippen LogP contribution is 2.50.